The van der Waals surface area contributed by atoms with Gasteiger partial charge in [0.25, 0.3) is 0 Å². The van der Waals surface area contributed by atoms with E-state index >= 15 is 13.6 Å². The van der Waals surface area contributed by atoms with Crippen LogP contribution in [0.2, 0.25) is 0 Å². The van der Waals surface area contributed by atoms with Crippen molar-refractivity contribution in [2.45, 2.75) is 93.4 Å². The van der Waals surface area contributed by atoms with E-state index in [0.29, 0.717) is 68.1 Å². The predicted octanol–water partition coefficient (Wildman–Crippen LogP) is 5.16. The number of methoxy groups -OCH3 is 3. The maximum Gasteiger partial charge on any atom is 0.344 e. The highest BCUT2D eigenvalue weighted by atomic mass is 19.3. The van der Waals surface area contributed by atoms with Crippen LogP contribution in [0.3, 0.4) is 0 Å². The topological polar surface area (TPSA) is 146 Å². The van der Waals surface area contributed by atoms with Crippen molar-refractivity contribution in [2.24, 2.45) is 17.3 Å². The minimum atomic E-state index is -2.94. The number of nitrogens with zero attached hydrogens (tertiary/aromatic N) is 3. The van der Waals surface area contributed by atoms with Crippen LogP contribution in [0.4, 0.5) is 20.2 Å². The molecule has 3 fully saturated rings. The third-order valence-corrected chi connectivity index (χ3v) is 15.9. The van der Waals surface area contributed by atoms with E-state index in [0.717, 1.165) is 34.6 Å². The molecule has 6 heterocycles. The summed E-state index contributed by atoms with van der Waals surface area (Å²) in [4.78, 5) is 52.9. The normalized spacial score (nSPS) is 34.8. The van der Waals surface area contributed by atoms with Gasteiger partial charge in [-0.25, -0.2) is 13.6 Å². The van der Waals surface area contributed by atoms with Gasteiger partial charge in [0, 0.05) is 110 Å². The first kappa shape index (κ1) is 42.6. The van der Waals surface area contributed by atoms with Crippen molar-refractivity contribution in [1.82, 2.24) is 14.8 Å². The summed E-state index contributed by atoms with van der Waals surface area (Å²) in [5, 5.41) is 17.5. The summed E-state index contributed by atoms with van der Waals surface area (Å²) in [6.07, 6.45) is 4.47. The second-order valence-electron chi connectivity index (χ2n) is 18.8. The van der Waals surface area contributed by atoms with Gasteiger partial charge in [-0.2, -0.15) is 0 Å². The fourth-order valence-electron chi connectivity index (χ4n) is 13.6. The van der Waals surface area contributed by atoms with Crippen LogP contribution in [0.15, 0.2) is 42.5 Å². The Hall–Kier alpha value is -4.73. The van der Waals surface area contributed by atoms with Gasteiger partial charge < -0.3 is 44.2 Å². The molecule has 9 rings (SSSR count). The number of piperidine rings is 1. The highest BCUT2D eigenvalue weighted by molar-refractivity contribution is 5.96. The van der Waals surface area contributed by atoms with E-state index in [1.165, 1.54) is 21.1 Å². The molecule has 62 heavy (non-hydrogen) atoms. The zero-order valence-corrected chi connectivity index (χ0v) is 36.9. The molecular formula is C47H59F2N5O8. The standard InChI is InChI=1S/C47H59F2N5O8/c1-9-44-14-10-16-54-18-15-45(38(44)54)32-21-33(36(59-6)22-35(32)52(5)39(45)47(58,42(57)61-8)40(44)62-26(2)55)46(41(56)60-7)23-27-19-28(43(3,48)49)25-53(24-27)17-13-30-31-20-29(50-4)11-12-34(31)51-37(30)46/h10-12,14,20-22,27-28,38-40,50-51,58H,9,13,15-19,23-25H2,1-8H3/t27-,28-,38+,39-,40-,44-,45-,46+,47+/m1/s1. The van der Waals surface area contributed by atoms with Crippen LogP contribution in [0.25, 0.3) is 10.9 Å². The molecule has 15 heteroatoms. The molecule has 1 saturated carbocycles. The van der Waals surface area contributed by atoms with Crippen molar-refractivity contribution in [3.63, 3.8) is 0 Å². The summed E-state index contributed by atoms with van der Waals surface area (Å²) in [6, 6.07) is 8.54. The summed E-state index contributed by atoms with van der Waals surface area (Å²) >= 11 is 0. The smallest absolute Gasteiger partial charge is 0.344 e. The number of nitrogens with one attached hydrogen (secondary N) is 2. The first-order valence-electron chi connectivity index (χ1n) is 21.9. The maximum absolute atomic E-state index is 15.4. The molecule has 2 bridgehead atoms. The van der Waals surface area contributed by atoms with Crippen molar-refractivity contribution in [3.8, 4) is 5.75 Å². The number of aromatic amines is 1. The highest BCUT2D eigenvalue weighted by Crippen LogP contribution is 2.68. The van der Waals surface area contributed by atoms with E-state index in [4.69, 9.17) is 18.9 Å². The molecule has 1 aromatic heterocycles. The molecule has 0 amide bonds. The number of esters is 3. The minimum Gasteiger partial charge on any atom is -0.496 e. The zero-order valence-electron chi connectivity index (χ0n) is 36.9. The summed E-state index contributed by atoms with van der Waals surface area (Å²) in [7, 11) is 7.80. The van der Waals surface area contributed by atoms with Gasteiger partial charge in [-0.3, -0.25) is 14.5 Å². The summed E-state index contributed by atoms with van der Waals surface area (Å²) < 4.78 is 54.7. The lowest BCUT2D eigenvalue weighted by atomic mass is 9.47. The van der Waals surface area contributed by atoms with E-state index in [1.54, 1.807) is 7.11 Å². The van der Waals surface area contributed by atoms with Crippen LogP contribution in [0.5, 0.6) is 5.75 Å². The Labute approximate surface area is 361 Å². The number of hydrogen-bond donors (Lipinski definition) is 3. The number of rotatable bonds is 8. The molecule has 2 aromatic carbocycles. The largest absolute Gasteiger partial charge is 0.496 e. The Morgan fingerprint density at radius 2 is 1.79 bits per heavy atom. The van der Waals surface area contributed by atoms with Crippen molar-refractivity contribution in [2.75, 3.05) is 78.4 Å². The van der Waals surface area contributed by atoms with Crippen LogP contribution in [0, 0.1) is 17.3 Å². The summed E-state index contributed by atoms with van der Waals surface area (Å²) in [5.74, 6) is -5.97. The van der Waals surface area contributed by atoms with Gasteiger partial charge >= 0.3 is 17.9 Å². The molecule has 334 valence electrons. The number of aliphatic hydroxyl groups is 1. The molecule has 3 aromatic rings. The number of fused-ring (bicyclic) bond motifs is 6. The van der Waals surface area contributed by atoms with Gasteiger partial charge in [-0.1, -0.05) is 19.1 Å². The number of ether oxygens (including phenoxy) is 4. The SMILES string of the molecule is CC[C@]12C=CCN3CC[C@@]4(c5cc([C@@]6(C(=O)OC)C[C@H]7C[C@@H](C(C)(F)F)CN(CCc8c6[nH]c6ccc(NC)cc86)C7)c(OC)cc5N(C)[C@H]4[C@@](O)(C(=O)OC)[C@@H]1OC(C)=O)[C@@H]32. The molecule has 10 atom stereocenters. The quantitative estimate of drug-likeness (QED) is 0.156. The van der Waals surface area contributed by atoms with Gasteiger partial charge in [0.15, 0.2) is 6.10 Å². The number of likely N-dealkylation sites (N-methyl/N-ethyl adjacent to an activating group) is 1. The van der Waals surface area contributed by atoms with Crippen LogP contribution >= 0.6 is 0 Å². The lowest BCUT2D eigenvalue weighted by Crippen LogP contribution is -2.81. The number of H-pyrrole nitrogens is 1. The summed E-state index contributed by atoms with van der Waals surface area (Å²) in [6.45, 7) is 6.74. The molecule has 1 unspecified atom stereocenters. The van der Waals surface area contributed by atoms with Crippen molar-refractivity contribution < 1.29 is 47.2 Å². The van der Waals surface area contributed by atoms with E-state index < -0.39 is 63.7 Å². The second kappa shape index (κ2) is 14.7. The minimum absolute atomic E-state index is 0.140. The van der Waals surface area contributed by atoms with Crippen molar-refractivity contribution in [1.29, 1.82) is 0 Å². The molecule has 13 nitrogen and oxygen atoms in total. The van der Waals surface area contributed by atoms with Gasteiger partial charge in [0.1, 0.15) is 11.2 Å². The Balaban J connectivity index is 1.36. The number of halogens is 2. The van der Waals surface area contributed by atoms with Gasteiger partial charge in [0.05, 0.1) is 27.4 Å². The van der Waals surface area contributed by atoms with Crippen molar-refractivity contribution in [3.05, 3.63) is 64.9 Å². The number of alkyl halides is 2. The van der Waals surface area contributed by atoms with Gasteiger partial charge in [0.2, 0.25) is 11.5 Å². The molecular weight excluding hydrogens is 801 g/mol. The number of hydrogen-bond acceptors (Lipinski definition) is 12. The van der Waals surface area contributed by atoms with E-state index in [1.807, 2.05) is 62.3 Å². The molecule has 1 spiro atoms. The van der Waals surface area contributed by atoms with Crippen LogP contribution in [0.1, 0.15) is 68.8 Å². The third kappa shape index (κ3) is 5.61. The highest BCUT2D eigenvalue weighted by Gasteiger charge is 2.80. The Morgan fingerprint density at radius 1 is 1.03 bits per heavy atom. The number of carbonyl (C=O) groups is 3. The predicted molar refractivity (Wildman–Crippen MR) is 229 cm³/mol. The fraction of sp³-hybridized carbons (Fsp3) is 0.596. The number of anilines is 2. The number of carbonyl (C=O) groups excluding carboxylic acids is 3. The number of benzene rings is 2. The average Bonchev–Trinajstić information content (AvgIpc) is 3.91. The molecule has 0 radical (unpaired) electrons. The number of aromatic nitrogens is 1. The molecule has 1 aliphatic carbocycles. The third-order valence-electron chi connectivity index (χ3n) is 15.9. The Kier molecular flexibility index (Phi) is 10.1. The monoisotopic (exact) mass is 859 g/mol. The van der Waals surface area contributed by atoms with Crippen LogP contribution < -0.4 is 15.0 Å². The summed E-state index contributed by atoms with van der Waals surface area (Å²) in [5.41, 5.74) is -0.779. The lowest BCUT2D eigenvalue weighted by molar-refractivity contribution is -0.228. The van der Waals surface area contributed by atoms with E-state index in [2.05, 4.69) is 26.2 Å². The first-order chi connectivity index (χ1) is 29.5. The molecule has 2 saturated heterocycles. The lowest BCUT2D eigenvalue weighted by Gasteiger charge is -2.63. The van der Waals surface area contributed by atoms with E-state index in [9.17, 15) is 14.7 Å². The average molecular weight is 860 g/mol. The molecule has 6 aliphatic rings. The first-order valence-corrected chi connectivity index (χ1v) is 21.9. The zero-order chi connectivity index (χ0) is 44.3. The maximum atomic E-state index is 15.4. The van der Waals surface area contributed by atoms with Gasteiger partial charge in [-0.15, -0.1) is 0 Å². The van der Waals surface area contributed by atoms with Crippen molar-refractivity contribution >= 4 is 40.2 Å². The molecule has 5 aliphatic heterocycles. The fourth-order valence-corrected chi connectivity index (χ4v) is 13.6. The van der Waals surface area contributed by atoms with E-state index in [-0.39, 0.29) is 31.3 Å². The molecule has 3 N–H and O–H groups in total. The Morgan fingerprint density at radius 3 is 2.45 bits per heavy atom. The van der Waals surface area contributed by atoms with Crippen LogP contribution in [-0.2, 0) is 45.8 Å². The Bertz CT molecular complexity index is 2360. The second-order valence-corrected chi connectivity index (χ2v) is 18.8. The van der Waals surface area contributed by atoms with Crippen LogP contribution in [-0.4, -0.2) is 136 Å². The van der Waals surface area contributed by atoms with Gasteiger partial charge in [-0.05, 0) is 86.9 Å².